The topological polar surface area (TPSA) is 46.2 Å². The van der Waals surface area contributed by atoms with Crippen LogP contribution in [0.15, 0.2) is 16.6 Å². The molecule has 1 aromatic rings. The van der Waals surface area contributed by atoms with Gasteiger partial charge in [-0.05, 0) is 47.0 Å². The van der Waals surface area contributed by atoms with Gasteiger partial charge < -0.3 is 5.32 Å². The summed E-state index contributed by atoms with van der Waals surface area (Å²) in [7, 11) is -2.91. The highest BCUT2D eigenvalue weighted by Crippen LogP contribution is 2.24. The molecule has 102 valence electrons. The minimum atomic E-state index is -2.91. The average molecular weight is 338 g/mol. The third kappa shape index (κ3) is 4.57. The van der Waals surface area contributed by atoms with E-state index in [1.807, 2.05) is 0 Å². The molecular weight excluding hydrogens is 321 g/mol. The third-order valence-corrected chi connectivity index (χ3v) is 5.05. The predicted octanol–water partition coefficient (Wildman–Crippen LogP) is 3.13. The van der Waals surface area contributed by atoms with E-state index in [4.69, 9.17) is 0 Å². The Bertz CT molecular complexity index is 517. The predicted molar refractivity (Wildman–Crippen MR) is 76.3 cm³/mol. The van der Waals surface area contributed by atoms with Crippen molar-refractivity contribution in [3.05, 3.63) is 28.0 Å². The zero-order valence-corrected chi connectivity index (χ0v) is 12.9. The molecule has 0 atom stereocenters. The first-order valence-corrected chi connectivity index (χ1v) is 8.37. The van der Waals surface area contributed by atoms with Gasteiger partial charge in [0.05, 0.1) is 10.2 Å². The first-order valence-electron chi connectivity index (χ1n) is 5.75. The van der Waals surface area contributed by atoms with Crippen LogP contribution >= 0.6 is 15.9 Å². The Morgan fingerprint density at radius 1 is 1.39 bits per heavy atom. The zero-order chi connectivity index (χ0) is 13.8. The van der Waals surface area contributed by atoms with Gasteiger partial charge in [0.1, 0.15) is 15.7 Å². The Kier molecular flexibility index (Phi) is 5.59. The molecule has 0 aliphatic heterocycles. The van der Waals surface area contributed by atoms with E-state index in [9.17, 15) is 12.8 Å². The number of halogens is 2. The normalized spacial score (nSPS) is 11.6. The molecule has 3 nitrogen and oxygen atoms in total. The van der Waals surface area contributed by atoms with E-state index in [0.29, 0.717) is 17.4 Å². The van der Waals surface area contributed by atoms with Crippen LogP contribution in [0.4, 0.5) is 10.1 Å². The molecule has 0 saturated heterocycles. The monoisotopic (exact) mass is 337 g/mol. The lowest BCUT2D eigenvalue weighted by molar-refractivity contribution is 0.595. The van der Waals surface area contributed by atoms with Crippen molar-refractivity contribution in [2.45, 2.75) is 20.3 Å². The molecule has 0 spiro atoms. The van der Waals surface area contributed by atoms with Crippen molar-refractivity contribution in [1.29, 1.82) is 0 Å². The Hall–Kier alpha value is -0.620. The second-order valence-electron chi connectivity index (χ2n) is 4.10. The van der Waals surface area contributed by atoms with Crippen molar-refractivity contribution >= 4 is 31.5 Å². The number of anilines is 1. The van der Waals surface area contributed by atoms with Crippen LogP contribution in [-0.2, 0) is 9.84 Å². The molecule has 1 aromatic carbocycles. The van der Waals surface area contributed by atoms with Gasteiger partial charge in [0.2, 0.25) is 0 Å². The summed E-state index contributed by atoms with van der Waals surface area (Å²) in [6.07, 6.45) is 0.546. The van der Waals surface area contributed by atoms with E-state index >= 15 is 0 Å². The van der Waals surface area contributed by atoms with Crippen LogP contribution in [0.5, 0.6) is 0 Å². The van der Waals surface area contributed by atoms with Crippen molar-refractivity contribution in [3.8, 4) is 0 Å². The average Bonchev–Trinajstić information content (AvgIpc) is 2.31. The first-order chi connectivity index (χ1) is 8.35. The summed E-state index contributed by atoms with van der Waals surface area (Å²) < 4.78 is 36.2. The molecule has 0 unspecified atom stereocenters. The van der Waals surface area contributed by atoms with Gasteiger partial charge in [0.25, 0.3) is 0 Å². The number of sulfone groups is 1. The van der Waals surface area contributed by atoms with E-state index in [2.05, 4.69) is 21.2 Å². The zero-order valence-electron chi connectivity index (χ0n) is 10.5. The van der Waals surface area contributed by atoms with Crippen molar-refractivity contribution in [2.75, 3.05) is 23.4 Å². The van der Waals surface area contributed by atoms with Crippen molar-refractivity contribution in [2.24, 2.45) is 0 Å². The Labute approximate surface area is 116 Å². The van der Waals surface area contributed by atoms with Gasteiger partial charge in [-0.1, -0.05) is 6.92 Å². The largest absolute Gasteiger partial charge is 0.385 e. The summed E-state index contributed by atoms with van der Waals surface area (Å²) in [5.41, 5.74) is 1.62. The molecule has 0 fully saturated rings. The van der Waals surface area contributed by atoms with Crippen LogP contribution in [0.25, 0.3) is 0 Å². The number of rotatable bonds is 6. The molecule has 6 heteroatoms. The second kappa shape index (κ2) is 6.52. The summed E-state index contributed by atoms with van der Waals surface area (Å²) in [4.78, 5) is 0. The van der Waals surface area contributed by atoms with Crippen LogP contribution < -0.4 is 5.32 Å². The van der Waals surface area contributed by atoms with Crippen LogP contribution in [-0.4, -0.2) is 26.5 Å². The van der Waals surface area contributed by atoms with Gasteiger partial charge in [-0.15, -0.1) is 0 Å². The molecule has 18 heavy (non-hydrogen) atoms. The van der Waals surface area contributed by atoms with E-state index in [1.54, 1.807) is 19.9 Å². The molecule has 0 bridgehead atoms. The molecule has 1 N–H and O–H groups in total. The number of benzene rings is 1. The fourth-order valence-corrected chi connectivity index (χ4v) is 2.71. The maximum atomic E-state index is 13.2. The summed E-state index contributed by atoms with van der Waals surface area (Å²) in [6.45, 7) is 4.00. The SMILES string of the molecule is CCS(=O)(=O)CCCNc1cc(Br)c(F)cc1C. The lowest BCUT2D eigenvalue weighted by Crippen LogP contribution is -2.13. The fourth-order valence-electron chi connectivity index (χ4n) is 1.50. The number of nitrogens with one attached hydrogen (secondary N) is 1. The van der Waals surface area contributed by atoms with E-state index in [0.717, 1.165) is 11.3 Å². The first kappa shape index (κ1) is 15.4. The van der Waals surface area contributed by atoms with Crippen LogP contribution in [0.1, 0.15) is 18.9 Å². The number of aryl methyl sites for hydroxylation is 1. The Balaban J connectivity index is 2.52. The molecule has 0 aromatic heterocycles. The van der Waals surface area contributed by atoms with E-state index < -0.39 is 9.84 Å². The minimum absolute atomic E-state index is 0.175. The van der Waals surface area contributed by atoms with Crippen LogP contribution in [0.3, 0.4) is 0 Å². The molecule has 0 heterocycles. The molecule has 1 rings (SSSR count). The fraction of sp³-hybridized carbons (Fsp3) is 0.500. The van der Waals surface area contributed by atoms with Crippen LogP contribution in [0, 0.1) is 12.7 Å². The van der Waals surface area contributed by atoms with Crippen molar-refractivity contribution in [1.82, 2.24) is 0 Å². The van der Waals surface area contributed by atoms with Gasteiger partial charge in [-0.2, -0.15) is 0 Å². The van der Waals surface area contributed by atoms with E-state index in [1.165, 1.54) is 6.07 Å². The minimum Gasteiger partial charge on any atom is -0.385 e. The maximum Gasteiger partial charge on any atom is 0.150 e. The highest BCUT2D eigenvalue weighted by molar-refractivity contribution is 9.10. The standard InChI is InChI=1S/C12H17BrFNO2S/c1-3-18(16,17)6-4-5-15-12-8-10(13)11(14)7-9(12)2/h7-8,15H,3-6H2,1-2H3. The summed E-state index contributed by atoms with van der Waals surface area (Å²) in [5, 5.41) is 3.12. The van der Waals surface area contributed by atoms with Gasteiger partial charge >= 0.3 is 0 Å². The van der Waals surface area contributed by atoms with Crippen molar-refractivity contribution < 1.29 is 12.8 Å². The van der Waals surface area contributed by atoms with Gasteiger partial charge in [0, 0.05) is 18.0 Å². The van der Waals surface area contributed by atoms with E-state index in [-0.39, 0.29) is 17.3 Å². The van der Waals surface area contributed by atoms with Gasteiger partial charge in [-0.25, -0.2) is 12.8 Å². The van der Waals surface area contributed by atoms with Crippen LogP contribution in [0.2, 0.25) is 0 Å². The highest BCUT2D eigenvalue weighted by Gasteiger charge is 2.08. The number of hydrogen-bond acceptors (Lipinski definition) is 3. The molecule has 0 aliphatic rings. The molecular formula is C12H17BrFNO2S. The third-order valence-electron chi connectivity index (χ3n) is 2.65. The second-order valence-corrected chi connectivity index (χ2v) is 7.43. The van der Waals surface area contributed by atoms with Gasteiger partial charge in [-0.3, -0.25) is 0 Å². The quantitative estimate of drug-likeness (QED) is 0.811. The maximum absolute atomic E-state index is 13.2. The summed E-state index contributed by atoms with van der Waals surface area (Å²) in [6, 6.07) is 3.11. The summed E-state index contributed by atoms with van der Waals surface area (Å²) in [5.74, 6) is 0.0538. The smallest absolute Gasteiger partial charge is 0.150 e. The summed E-state index contributed by atoms with van der Waals surface area (Å²) >= 11 is 3.12. The Morgan fingerprint density at radius 3 is 2.67 bits per heavy atom. The van der Waals surface area contributed by atoms with Gasteiger partial charge in [0.15, 0.2) is 0 Å². The lowest BCUT2D eigenvalue weighted by atomic mass is 10.2. The lowest BCUT2D eigenvalue weighted by Gasteiger charge is -2.10. The number of hydrogen-bond donors (Lipinski definition) is 1. The van der Waals surface area contributed by atoms with Crippen molar-refractivity contribution in [3.63, 3.8) is 0 Å². The highest BCUT2D eigenvalue weighted by atomic mass is 79.9. The molecule has 0 saturated carbocycles. The molecule has 0 radical (unpaired) electrons. The molecule has 0 amide bonds. The Morgan fingerprint density at radius 2 is 2.06 bits per heavy atom. The molecule has 0 aliphatic carbocycles.